The van der Waals surface area contributed by atoms with Gasteiger partial charge in [0.15, 0.2) is 0 Å². The Balaban J connectivity index is 2.10. The van der Waals surface area contributed by atoms with E-state index in [1.54, 1.807) is 19.2 Å². The Morgan fingerprint density at radius 3 is 2.94 bits per heavy atom. The van der Waals surface area contributed by atoms with Crippen molar-refractivity contribution in [3.63, 3.8) is 0 Å². The molecule has 1 aromatic carbocycles. The molecule has 0 amide bonds. The lowest BCUT2D eigenvalue weighted by Crippen LogP contribution is -2.47. The first-order chi connectivity index (χ1) is 8.54. The maximum atomic E-state index is 13.7. The first kappa shape index (κ1) is 13.3. The van der Waals surface area contributed by atoms with E-state index in [0.29, 0.717) is 17.8 Å². The molecule has 0 aliphatic carbocycles. The lowest BCUT2D eigenvalue weighted by atomic mass is 9.94. The smallest absolute Gasteiger partial charge is 0.129 e. The van der Waals surface area contributed by atoms with Crippen LogP contribution in [0, 0.1) is 5.82 Å². The molecular formula is C14H21FN2O. The Bertz CT molecular complexity index is 404. The van der Waals surface area contributed by atoms with E-state index in [-0.39, 0.29) is 11.4 Å². The van der Waals surface area contributed by atoms with Crippen molar-refractivity contribution in [1.29, 1.82) is 0 Å². The number of halogens is 1. The number of rotatable bonds is 3. The quantitative estimate of drug-likeness (QED) is 0.840. The zero-order chi connectivity index (χ0) is 13.2. The molecule has 1 unspecified atom stereocenters. The van der Waals surface area contributed by atoms with Crippen LogP contribution >= 0.6 is 0 Å². The number of ether oxygens (including phenoxy) is 1. The van der Waals surface area contributed by atoms with Gasteiger partial charge in [0, 0.05) is 31.5 Å². The SMILES string of the molecule is COC1(C)CCCN(Cc2c(N)cccc2F)C1. The topological polar surface area (TPSA) is 38.5 Å². The lowest BCUT2D eigenvalue weighted by Gasteiger charge is -2.39. The molecule has 18 heavy (non-hydrogen) atoms. The molecule has 0 bridgehead atoms. The first-order valence-corrected chi connectivity index (χ1v) is 6.34. The largest absolute Gasteiger partial charge is 0.398 e. The lowest BCUT2D eigenvalue weighted by molar-refractivity contribution is -0.0528. The maximum absolute atomic E-state index is 13.7. The van der Waals surface area contributed by atoms with Crippen LogP contribution in [-0.2, 0) is 11.3 Å². The minimum atomic E-state index is -0.223. The average Bonchev–Trinajstić information content (AvgIpc) is 2.34. The number of benzene rings is 1. The van der Waals surface area contributed by atoms with E-state index in [0.717, 1.165) is 25.9 Å². The normalized spacial score (nSPS) is 25.3. The Morgan fingerprint density at radius 1 is 1.50 bits per heavy atom. The van der Waals surface area contributed by atoms with Gasteiger partial charge in [-0.15, -0.1) is 0 Å². The van der Waals surface area contributed by atoms with Crippen molar-refractivity contribution in [2.24, 2.45) is 0 Å². The minimum absolute atomic E-state index is 0.127. The number of likely N-dealkylation sites (tertiary alicyclic amines) is 1. The molecule has 100 valence electrons. The number of methoxy groups -OCH3 is 1. The molecule has 1 aliphatic heterocycles. The van der Waals surface area contributed by atoms with E-state index in [9.17, 15) is 4.39 Å². The fraction of sp³-hybridized carbons (Fsp3) is 0.571. The van der Waals surface area contributed by atoms with E-state index >= 15 is 0 Å². The Kier molecular flexibility index (Phi) is 3.88. The molecule has 1 aliphatic rings. The Labute approximate surface area is 108 Å². The molecule has 1 aromatic rings. The van der Waals surface area contributed by atoms with Crippen molar-refractivity contribution in [2.45, 2.75) is 31.9 Å². The van der Waals surface area contributed by atoms with Crippen LogP contribution in [0.5, 0.6) is 0 Å². The molecule has 2 rings (SSSR count). The van der Waals surface area contributed by atoms with Crippen LogP contribution in [0.1, 0.15) is 25.3 Å². The van der Waals surface area contributed by atoms with E-state index in [1.807, 2.05) is 0 Å². The number of anilines is 1. The van der Waals surface area contributed by atoms with E-state index in [4.69, 9.17) is 10.5 Å². The third-order valence-electron chi connectivity index (χ3n) is 3.77. The van der Waals surface area contributed by atoms with Gasteiger partial charge in [0.05, 0.1) is 5.60 Å². The fourth-order valence-electron chi connectivity index (χ4n) is 2.58. The second-order valence-corrected chi connectivity index (χ2v) is 5.28. The molecule has 2 N–H and O–H groups in total. The molecule has 0 aromatic heterocycles. The summed E-state index contributed by atoms with van der Waals surface area (Å²) in [5.41, 5.74) is 6.84. The van der Waals surface area contributed by atoms with Crippen molar-refractivity contribution < 1.29 is 9.13 Å². The summed E-state index contributed by atoms with van der Waals surface area (Å²) in [6.45, 7) is 4.44. The van der Waals surface area contributed by atoms with Gasteiger partial charge in [0.25, 0.3) is 0 Å². The summed E-state index contributed by atoms with van der Waals surface area (Å²) in [5, 5.41) is 0. The predicted molar refractivity (Wildman–Crippen MR) is 70.7 cm³/mol. The van der Waals surface area contributed by atoms with Gasteiger partial charge in [-0.2, -0.15) is 0 Å². The standard InChI is InChI=1S/C14H21FN2O/c1-14(18-2)7-4-8-17(10-14)9-11-12(15)5-3-6-13(11)16/h3,5-6H,4,7-10,16H2,1-2H3. The van der Waals surface area contributed by atoms with Crippen molar-refractivity contribution in [3.8, 4) is 0 Å². The highest BCUT2D eigenvalue weighted by Crippen LogP contribution is 2.26. The van der Waals surface area contributed by atoms with Gasteiger partial charge >= 0.3 is 0 Å². The third-order valence-corrected chi connectivity index (χ3v) is 3.77. The zero-order valence-corrected chi connectivity index (χ0v) is 11.1. The van der Waals surface area contributed by atoms with E-state index in [1.165, 1.54) is 6.07 Å². The summed E-state index contributed by atoms with van der Waals surface area (Å²) < 4.78 is 19.3. The number of piperidine rings is 1. The van der Waals surface area contributed by atoms with Gasteiger partial charge in [0.2, 0.25) is 0 Å². The monoisotopic (exact) mass is 252 g/mol. The highest BCUT2D eigenvalue weighted by Gasteiger charge is 2.31. The molecule has 4 heteroatoms. The molecule has 0 spiro atoms. The van der Waals surface area contributed by atoms with Crippen LogP contribution in [0.4, 0.5) is 10.1 Å². The summed E-state index contributed by atoms with van der Waals surface area (Å²) in [5.74, 6) is -0.223. The van der Waals surface area contributed by atoms with Gasteiger partial charge < -0.3 is 10.5 Å². The molecule has 1 heterocycles. The summed E-state index contributed by atoms with van der Waals surface area (Å²) >= 11 is 0. The molecule has 1 fully saturated rings. The van der Waals surface area contributed by atoms with Crippen molar-refractivity contribution in [3.05, 3.63) is 29.6 Å². The number of nitrogens with zero attached hydrogens (tertiary/aromatic N) is 1. The van der Waals surface area contributed by atoms with Crippen LogP contribution in [0.2, 0.25) is 0 Å². The summed E-state index contributed by atoms with van der Waals surface area (Å²) in [7, 11) is 1.74. The van der Waals surface area contributed by atoms with E-state index in [2.05, 4.69) is 11.8 Å². The van der Waals surface area contributed by atoms with E-state index < -0.39 is 0 Å². The third kappa shape index (κ3) is 2.82. The minimum Gasteiger partial charge on any atom is -0.398 e. The Hall–Kier alpha value is -1.13. The van der Waals surface area contributed by atoms with Gasteiger partial charge in [0.1, 0.15) is 5.82 Å². The predicted octanol–water partition coefficient (Wildman–Crippen LogP) is 2.41. The van der Waals surface area contributed by atoms with Gasteiger partial charge in [-0.1, -0.05) is 6.07 Å². The summed E-state index contributed by atoms with van der Waals surface area (Å²) in [4.78, 5) is 2.21. The summed E-state index contributed by atoms with van der Waals surface area (Å²) in [6.07, 6.45) is 2.12. The molecule has 1 atom stereocenters. The van der Waals surface area contributed by atoms with Gasteiger partial charge in [-0.25, -0.2) is 4.39 Å². The fourth-order valence-corrected chi connectivity index (χ4v) is 2.58. The number of nitrogen functional groups attached to an aromatic ring is 1. The second-order valence-electron chi connectivity index (χ2n) is 5.28. The zero-order valence-electron chi connectivity index (χ0n) is 11.1. The number of hydrogen-bond donors (Lipinski definition) is 1. The van der Waals surface area contributed by atoms with Crippen LogP contribution in [0.25, 0.3) is 0 Å². The molecule has 1 saturated heterocycles. The molecular weight excluding hydrogens is 231 g/mol. The summed E-state index contributed by atoms with van der Waals surface area (Å²) in [6, 6.07) is 4.85. The first-order valence-electron chi connectivity index (χ1n) is 6.34. The highest BCUT2D eigenvalue weighted by molar-refractivity contribution is 5.47. The number of hydrogen-bond acceptors (Lipinski definition) is 3. The van der Waals surface area contributed by atoms with Crippen LogP contribution in [0.15, 0.2) is 18.2 Å². The van der Waals surface area contributed by atoms with Crippen LogP contribution in [0.3, 0.4) is 0 Å². The highest BCUT2D eigenvalue weighted by atomic mass is 19.1. The number of nitrogens with two attached hydrogens (primary N) is 1. The van der Waals surface area contributed by atoms with Crippen LogP contribution < -0.4 is 5.73 Å². The van der Waals surface area contributed by atoms with Gasteiger partial charge in [-0.05, 0) is 38.4 Å². The Morgan fingerprint density at radius 2 is 2.28 bits per heavy atom. The maximum Gasteiger partial charge on any atom is 0.129 e. The second kappa shape index (κ2) is 5.24. The van der Waals surface area contributed by atoms with Crippen molar-refractivity contribution >= 4 is 5.69 Å². The average molecular weight is 252 g/mol. The molecule has 0 radical (unpaired) electrons. The van der Waals surface area contributed by atoms with Gasteiger partial charge in [-0.3, -0.25) is 4.90 Å². The van der Waals surface area contributed by atoms with Crippen molar-refractivity contribution in [2.75, 3.05) is 25.9 Å². The molecule has 3 nitrogen and oxygen atoms in total. The molecule has 0 saturated carbocycles. The van der Waals surface area contributed by atoms with Crippen molar-refractivity contribution in [1.82, 2.24) is 4.90 Å². The van der Waals surface area contributed by atoms with Crippen LogP contribution in [-0.4, -0.2) is 30.7 Å².